The van der Waals surface area contributed by atoms with E-state index in [4.69, 9.17) is 5.26 Å². The zero-order valence-electron chi connectivity index (χ0n) is 11.2. The first-order chi connectivity index (χ1) is 8.04. The quantitative estimate of drug-likeness (QED) is 0.838. The van der Waals surface area contributed by atoms with Crippen LogP contribution in [0.4, 0.5) is 0 Å². The van der Waals surface area contributed by atoms with Crippen molar-refractivity contribution in [2.75, 3.05) is 6.54 Å². The van der Waals surface area contributed by atoms with Crippen LogP contribution in [0.2, 0.25) is 0 Å². The second kappa shape index (κ2) is 6.42. The van der Waals surface area contributed by atoms with Gasteiger partial charge in [-0.05, 0) is 29.5 Å². The number of hydrogen-bond acceptors (Lipinski definition) is 2. The van der Waals surface area contributed by atoms with E-state index in [-0.39, 0.29) is 6.04 Å². The Labute approximate surface area is 105 Å². The summed E-state index contributed by atoms with van der Waals surface area (Å²) in [4.78, 5) is 0. The summed E-state index contributed by atoms with van der Waals surface area (Å²) in [5.41, 5.74) is 2.37. The maximum absolute atomic E-state index is 9.16. The molecule has 2 nitrogen and oxygen atoms in total. The zero-order valence-corrected chi connectivity index (χ0v) is 11.2. The highest BCUT2D eigenvalue weighted by Crippen LogP contribution is 2.18. The molecule has 17 heavy (non-hydrogen) atoms. The van der Waals surface area contributed by atoms with Gasteiger partial charge in [0.15, 0.2) is 0 Å². The van der Waals surface area contributed by atoms with E-state index >= 15 is 0 Å². The summed E-state index contributed by atoms with van der Waals surface area (Å²) >= 11 is 0. The van der Waals surface area contributed by atoms with Crippen LogP contribution in [0.25, 0.3) is 0 Å². The molecule has 0 aromatic heterocycles. The molecule has 92 valence electrons. The minimum absolute atomic E-state index is 0.196. The molecule has 1 aromatic rings. The van der Waals surface area contributed by atoms with Gasteiger partial charge in [0.05, 0.1) is 6.07 Å². The molecule has 0 spiro atoms. The Balaban J connectivity index is 2.73. The van der Waals surface area contributed by atoms with Crippen molar-refractivity contribution in [1.29, 1.82) is 5.26 Å². The van der Waals surface area contributed by atoms with Crippen molar-refractivity contribution in [2.45, 2.75) is 39.7 Å². The van der Waals surface area contributed by atoms with Crippen LogP contribution in [0.1, 0.15) is 50.8 Å². The number of nitrogens with zero attached hydrogens (tertiary/aromatic N) is 1. The highest BCUT2D eigenvalue weighted by atomic mass is 14.9. The lowest BCUT2D eigenvalue weighted by atomic mass is 9.99. The smallest absolute Gasteiger partial charge is 0.121 e. The molecule has 1 rings (SSSR count). The van der Waals surface area contributed by atoms with Gasteiger partial charge in [-0.15, -0.1) is 0 Å². The Morgan fingerprint density at radius 3 is 2.00 bits per heavy atom. The fourth-order valence-electron chi connectivity index (χ4n) is 1.66. The molecule has 0 bridgehead atoms. The van der Waals surface area contributed by atoms with E-state index in [0.29, 0.717) is 11.8 Å². The van der Waals surface area contributed by atoms with Gasteiger partial charge >= 0.3 is 0 Å². The third kappa shape index (κ3) is 4.20. The van der Waals surface area contributed by atoms with E-state index < -0.39 is 0 Å². The fraction of sp³-hybridized carbons (Fsp3) is 0.533. The second-order valence-electron chi connectivity index (χ2n) is 5.19. The van der Waals surface area contributed by atoms with E-state index in [9.17, 15) is 0 Å². The largest absolute Gasteiger partial charge is 0.298 e. The molecular formula is C15H22N2. The average molecular weight is 230 g/mol. The van der Waals surface area contributed by atoms with Gasteiger partial charge in [0.25, 0.3) is 0 Å². The van der Waals surface area contributed by atoms with Gasteiger partial charge in [-0.2, -0.15) is 5.26 Å². The summed E-state index contributed by atoms with van der Waals surface area (Å²) in [6, 6.07) is 10.4. The molecule has 0 saturated carbocycles. The first-order valence-electron chi connectivity index (χ1n) is 6.27. The Morgan fingerprint density at radius 1 is 1.06 bits per heavy atom. The summed E-state index contributed by atoms with van der Waals surface area (Å²) in [5.74, 6) is 1.09. The van der Waals surface area contributed by atoms with Gasteiger partial charge in [-0.25, -0.2) is 0 Å². The Hall–Kier alpha value is -1.33. The summed E-state index contributed by atoms with van der Waals surface area (Å²) in [6.45, 7) is 9.50. The van der Waals surface area contributed by atoms with E-state index in [0.717, 1.165) is 12.1 Å². The lowest BCUT2D eigenvalue weighted by Gasteiger charge is -2.14. The van der Waals surface area contributed by atoms with Crippen LogP contribution in [0, 0.1) is 17.2 Å². The van der Waals surface area contributed by atoms with Gasteiger partial charge < -0.3 is 0 Å². The van der Waals surface area contributed by atoms with Crippen LogP contribution in [-0.4, -0.2) is 6.54 Å². The van der Waals surface area contributed by atoms with Crippen molar-refractivity contribution in [1.82, 2.24) is 5.32 Å². The summed E-state index contributed by atoms with van der Waals surface area (Å²) in [6.07, 6.45) is 0. The van der Waals surface area contributed by atoms with Gasteiger partial charge in [0, 0.05) is 0 Å². The number of hydrogen-bond donors (Lipinski definition) is 1. The van der Waals surface area contributed by atoms with Crippen LogP contribution in [-0.2, 0) is 0 Å². The van der Waals surface area contributed by atoms with Crippen LogP contribution in [0.5, 0.6) is 0 Å². The molecule has 1 unspecified atom stereocenters. The zero-order chi connectivity index (χ0) is 12.8. The molecule has 0 aliphatic heterocycles. The maximum Gasteiger partial charge on any atom is 0.121 e. The second-order valence-corrected chi connectivity index (χ2v) is 5.19. The van der Waals surface area contributed by atoms with Crippen LogP contribution < -0.4 is 5.32 Å². The molecule has 1 aromatic carbocycles. The predicted octanol–water partition coefficient (Wildman–Crippen LogP) is 3.62. The Kier molecular flexibility index (Phi) is 5.18. The molecule has 0 radical (unpaired) electrons. The van der Waals surface area contributed by atoms with E-state index in [1.165, 1.54) is 5.56 Å². The third-order valence-electron chi connectivity index (χ3n) is 2.80. The highest BCUT2D eigenvalue weighted by molar-refractivity contribution is 5.29. The predicted molar refractivity (Wildman–Crippen MR) is 71.7 cm³/mol. The van der Waals surface area contributed by atoms with Gasteiger partial charge in [0.2, 0.25) is 0 Å². The van der Waals surface area contributed by atoms with Crippen molar-refractivity contribution in [3.05, 3.63) is 35.4 Å². The minimum atomic E-state index is -0.196. The fourth-order valence-corrected chi connectivity index (χ4v) is 1.66. The van der Waals surface area contributed by atoms with Crippen molar-refractivity contribution < 1.29 is 0 Å². The topological polar surface area (TPSA) is 35.8 Å². The third-order valence-corrected chi connectivity index (χ3v) is 2.80. The number of nitrogens with one attached hydrogen (secondary N) is 1. The molecular weight excluding hydrogens is 208 g/mol. The number of rotatable bonds is 5. The van der Waals surface area contributed by atoms with Gasteiger partial charge in [-0.1, -0.05) is 52.0 Å². The molecule has 0 heterocycles. The van der Waals surface area contributed by atoms with Crippen molar-refractivity contribution in [3.63, 3.8) is 0 Å². The first kappa shape index (κ1) is 13.7. The lowest BCUT2D eigenvalue weighted by molar-refractivity contribution is 0.525. The van der Waals surface area contributed by atoms with Crippen LogP contribution >= 0.6 is 0 Å². The standard InChI is InChI=1S/C15H22N2/c1-11(2)10-17-15(9-16)14-7-5-13(6-8-14)12(3)4/h5-8,11-12,15,17H,10H2,1-4H3. The van der Waals surface area contributed by atoms with Crippen LogP contribution in [0.15, 0.2) is 24.3 Å². The van der Waals surface area contributed by atoms with Gasteiger partial charge in [0.1, 0.15) is 6.04 Å². The monoisotopic (exact) mass is 230 g/mol. The highest BCUT2D eigenvalue weighted by Gasteiger charge is 2.10. The molecule has 0 aliphatic carbocycles. The Bertz CT molecular complexity index is 371. The molecule has 2 heteroatoms. The van der Waals surface area contributed by atoms with Gasteiger partial charge in [-0.3, -0.25) is 5.32 Å². The lowest BCUT2D eigenvalue weighted by Crippen LogP contribution is -2.24. The van der Waals surface area contributed by atoms with E-state index in [2.05, 4.69) is 63.3 Å². The minimum Gasteiger partial charge on any atom is -0.298 e. The van der Waals surface area contributed by atoms with Crippen LogP contribution in [0.3, 0.4) is 0 Å². The molecule has 0 aliphatic rings. The molecule has 0 fully saturated rings. The summed E-state index contributed by atoms with van der Waals surface area (Å²) in [5, 5.41) is 12.4. The number of nitriles is 1. The van der Waals surface area contributed by atoms with E-state index in [1.54, 1.807) is 0 Å². The molecule has 1 atom stereocenters. The summed E-state index contributed by atoms with van der Waals surface area (Å²) < 4.78 is 0. The summed E-state index contributed by atoms with van der Waals surface area (Å²) in [7, 11) is 0. The molecule has 0 amide bonds. The SMILES string of the molecule is CC(C)CNC(C#N)c1ccc(C(C)C)cc1. The van der Waals surface area contributed by atoms with Crippen molar-refractivity contribution in [2.24, 2.45) is 5.92 Å². The molecule has 0 saturated heterocycles. The maximum atomic E-state index is 9.16. The molecule has 1 N–H and O–H groups in total. The van der Waals surface area contributed by atoms with Crippen molar-refractivity contribution in [3.8, 4) is 6.07 Å². The average Bonchev–Trinajstić information content (AvgIpc) is 2.30. The first-order valence-corrected chi connectivity index (χ1v) is 6.27. The van der Waals surface area contributed by atoms with E-state index in [1.807, 2.05) is 0 Å². The Morgan fingerprint density at radius 2 is 1.59 bits per heavy atom. The van der Waals surface area contributed by atoms with Crippen molar-refractivity contribution >= 4 is 0 Å². The normalized spacial score (nSPS) is 12.8. The number of benzene rings is 1.